The standard InChI is InChI=1S/C22H25N3O2S2/c1-17(6-7-18-8-10-20(28-2)11-9-18)24-14-15-25-29(26,27)22-5-3-4-19-16-23-13-12-21(19)22/h3-13,16-17,24-25H,14-15H2,1-2H3. The van der Waals surface area contributed by atoms with E-state index in [1.807, 2.05) is 13.0 Å². The van der Waals surface area contributed by atoms with E-state index in [0.717, 1.165) is 10.9 Å². The molecule has 1 unspecified atom stereocenters. The average molecular weight is 428 g/mol. The third-order valence-corrected chi connectivity index (χ3v) is 6.77. The van der Waals surface area contributed by atoms with E-state index in [1.165, 1.54) is 4.90 Å². The number of hydrogen-bond donors (Lipinski definition) is 2. The lowest BCUT2D eigenvalue weighted by Crippen LogP contribution is -2.35. The maximum absolute atomic E-state index is 12.7. The highest BCUT2D eigenvalue weighted by Crippen LogP contribution is 2.21. The highest BCUT2D eigenvalue weighted by molar-refractivity contribution is 7.98. The summed E-state index contributed by atoms with van der Waals surface area (Å²) in [5.41, 5.74) is 1.14. The van der Waals surface area contributed by atoms with Crippen LogP contribution in [0.4, 0.5) is 0 Å². The molecule has 1 heterocycles. The van der Waals surface area contributed by atoms with Gasteiger partial charge in [-0.1, -0.05) is 36.4 Å². The molecule has 2 aromatic carbocycles. The van der Waals surface area contributed by atoms with Crippen LogP contribution in [0.2, 0.25) is 0 Å². The molecule has 0 saturated heterocycles. The van der Waals surface area contributed by atoms with Gasteiger partial charge in [0.2, 0.25) is 10.0 Å². The number of aromatic nitrogens is 1. The van der Waals surface area contributed by atoms with Gasteiger partial charge in [-0.25, -0.2) is 13.1 Å². The summed E-state index contributed by atoms with van der Waals surface area (Å²) in [6.45, 7) is 2.88. The SMILES string of the molecule is CSc1ccc(C=CC(C)NCCNS(=O)(=O)c2cccc3cnccc23)cc1. The van der Waals surface area contributed by atoms with E-state index >= 15 is 0 Å². The second-order valence-electron chi connectivity index (χ2n) is 6.63. The molecule has 3 rings (SSSR count). The first kappa shape index (κ1) is 21.5. The van der Waals surface area contributed by atoms with Crippen molar-refractivity contribution in [1.82, 2.24) is 15.0 Å². The molecule has 0 fully saturated rings. The predicted octanol–water partition coefficient (Wildman–Crippen LogP) is 3.93. The fourth-order valence-corrected chi connectivity index (χ4v) is 4.60. The molecule has 7 heteroatoms. The molecule has 5 nitrogen and oxygen atoms in total. The van der Waals surface area contributed by atoms with Gasteiger partial charge in [0.25, 0.3) is 0 Å². The Kier molecular flexibility index (Phi) is 7.44. The summed E-state index contributed by atoms with van der Waals surface area (Å²) < 4.78 is 28.0. The third kappa shape index (κ3) is 5.90. The Morgan fingerprint density at radius 3 is 2.66 bits per heavy atom. The smallest absolute Gasteiger partial charge is 0.241 e. The van der Waals surface area contributed by atoms with E-state index in [0.29, 0.717) is 18.5 Å². The van der Waals surface area contributed by atoms with Crippen molar-refractivity contribution in [2.45, 2.75) is 22.8 Å². The Morgan fingerprint density at radius 2 is 1.90 bits per heavy atom. The molecule has 0 spiro atoms. The molecule has 1 aromatic heterocycles. The first-order chi connectivity index (χ1) is 14.0. The van der Waals surface area contributed by atoms with Crippen LogP contribution < -0.4 is 10.0 Å². The van der Waals surface area contributed by atoms with Crippen molar-refractivity contribution in [2.75, 3.05) is 19.3 Å². The number of pyridine rings is 1. The number of thioether (sulfide) groups is 1. The fraction of sp³-hybridized carbons (Fsp3) is 0.227. The molecule has 0 aliphatic rings. The van der Waals surface area contributed by atoms with Crippen LogP contribution in [0.5, 0.6) is 0 Å². The van der Waals surface area contributed by atoms with Crippen molar-refractivity contribution in [3.8, 4) is 0 Å². The summed E-state index contributed by atoms with van der Waals surface area (Å²) in [6.07, 6.45) is 9.46. The molecule has 2 N–H and O–H groups in total. The van der Waals surface area contributed by atoms with Crippen LogP contribution >= 0.6 is 11.8 Å². The molecule has 0 saturated carbocycles. The zero-order valence-corrected chi connectivity index (χ0v) is 18.1. The number of fused-ring (bicyclic) bond motifs is 1. The molecular weight excluding hydrogens is 402 g/mol. The third-order valence-electron chi connectivity index (χ3n) is 4.51. The van der Waals surface area contributed by atoms with E-state index in [4.69, 9.17) is 0 Å². The summed E-state index contributed by atoms with van der Waals surface area (Å²) in [7, 11) is -3.58. The molecule has 0 aliphatic heterocycles. The Balaban J connectivity index is 1.51. The van der Waals surface area contributed by atoms with Crippen molar-refractivity contribution >= 4 is 38.6 Å². The van der Waals surface area contributed by atoms with Crippen LogP contribution in [0.15, 0.2) is 76.8 Å². The maximum Gasteiger partial charge on any atom is 0.241 e. The van der Waals surface area contributed by atoms with Crippen molar-refractivity contribution < 1.29 is 8.42 Å². The second kappa shape index (κ2) is 10.0. The van der Waals surface area contributed by atoms with Gasteiger partial charge in [0.1, 0.15) is 0 Å². The van der Waals surface area contributed by atoms with E-state index in [9.17, 15) is 8.42 Å². The van der Waals surface area contributed by atoms with Crippen molar-refractivity contribution in [3.63, 3.8) is 0 Å². The number of nitrogens with one attached hydrogen (secondary N) is 2. The van der Waals surface area contributed by atoms with E-state index in [2.05, 4.69) is 57.7 Å². The Bertz CT molecular complexity index is 1080. The lowest BCUT2D eigenvalue weighted by Gasteiger charge is -2.12. The van der Waals surface area contributed by atoms with Gasteiger partial charge in [0, 0.05) is 47.2 Å². The van der Waals surface area contributed by atoms with Gasteiger partial charge in [0.05, 0.1) is 4.90 Å². The van der Waals surface area contributed by atoms with Crippen molar-refractivity contribution in [1.29, 1.82) is 0 Å². The number of benzene rings is 2. The lowest BCUT2D eigenvalue weighted by atomic mass is 10.2. The molecule has 152 valence electrons. The highest BCUT2D eigenvalue weighted by atomic mass is 32.2. The van der Waals surface area contributed by atoms with E-state index in [1.54, 1.807) is 42.4 Å². The molecular formula is C22H25N3O2S2. The zero-order chi connectivity index (χ0) is 20.7. The van der Waals surface area contributed by atoms with Gasteiger partial charge in [-0.3, -0.25) is 4.98 Å². The largest absolute Gasteiger partial charge is 0.309 e. The maximum atomic E-state index is 12.7. The minimum atomic E-state index is -3.58. The topological polar surface area (TPSA) is 71.1 Å². The van der Waals surface area contributed by atoms with Crippen molar-refractivity contribution in [2.24, 2.45) is 0 Å². The van der Waals surface area contributed by atoms with E-state index < -0.39 is 10.0 Å². The van der Waals surface area contributed by atoms with Crippen LogP contribution in [0.1, 0.15) is 12.5 Å². The van der Waals surface area contributed by atoms with Gasteiger partial charge in [-0.05, 0) is 43.0 Å². The quantitative estimate of drug-likeness (QED) is 0.400. The molecule has 0 radical (unpaired) electrons. The average Bonchev–Trinajstić information content (AvgIpc) is 2.75. The first-order valence-electron chi connectivity index (χ1n) is 9.37. The Labute approximate surface area is 176 Å². The van der Waals surface area contributed by atoms with Gasteiger partial charge in [-0.15, -0.1) is 11.8 Å². The summed E-state index contributed by atoms with van der Waals surface area (Å²) >= 11 is 1.72. The molecule has 29 heavy (non-hydrogen) atoms. The first-order valence-corrected chi connectivity index (χ1v) is 12.1. The summed E-state index contributed by atoms with van der Waals surface area (Å²) in [5, 5.41) is 4.79. The van der Waals surface area contributed by atoms with E-state index in [-0.39, 0.29) is 10.9 Å². The Hall–Kier alpha value is -2.19. The molecule has 0 bridgehead atoms. The second-order valence-corrected chi connectivity index (χ2v) is 9.24. The van der Waals surface area contributed by atoms with Gasteiger partial charge >= 0.3 is 0 Å². The minimum absolute atomic E-state index is 0.128. The number of sulfonamides is 1. The van der Waals surface area contributed by atoms with Crippen molar-refractivity contribution in [3.05, 3.63) is 72.6 Å². The summed E-state index contributed by atoms with van der Waals surface area (Å²) in [4.78, 5) is 5.56. The number of hydrogen-bond acceptors (Lipinski definition) is 5. The molecule has 3 aromatic rings. The van der Waals surface area contributed by atoms with Crippen LogP contribution in [0.25, 0.3) is 16.8 Å². The minimum Gasteiger partial charge on any atom is -0.309 e. The lowest BCUT2D eigenvalue weighted by molar-refractivity contribution is 0.571. The Morgan fingerprint density at radius 1 is 1.10 bits per heavy atom. The molecule has 0 aliphatic carbocycles. The van der Waals surface area contributed by atoms with Crippen LogP contribution in [0.3, 0.4) is 0 Å². The van der Waals surface area contributed by atoms with Gasteiger partial charge < -0.3 is 5.32 Å². The fourth-order valence-electron chi connectivity index (χ4n) is 2.93. The summed E-state index contributed by atoms with van der Waals surface area (Å²) in [6, 6.07) is 15.4. The summed E-state index contributed by atoms with van der Waals surface area (Å²) in [5.74, 6) is 0. The number of rotatable bonds is 9. The van der Waals surface area contributed by atoms with Gasteiger partial charge in [-0.2, -0.15) is 0 Å². The normalized spacial score (nSPS) is 13.2. The predicted molar refractivity (Wildman–Crippen MR) is 122 cm³/mol. The monoisotopic (exact) mass is 427 g/mol. The van der Waals surface area contributed by atoms with Crippen LogP contribution in [-0.2, 0) is 10.0 Å². The molecule has 0 amide bonds. The van der Waals surface area contributed by atoms with Crippen LogP contribution in [-0.4, -0.2) is 38.8 Å². The van der Waals surface area contributed by atoms with Crippen LogP contribution in [0, 0.1) is 0 Å². The molecule has 1 atom stereocenters. The zero-order valence-electron chi connectivity index (χ0n) is 16.5. The number of nitrogens with zero attached hydrogens (tertiary/aromatic N) is 1. The van der Waals surface area contributed by atoms with Gasteiger partial charge in [0.15, 0.2) is 0 Å². The highest BCUT2D eigenvalue weighted by Gasteiger charge is 2.16.